The SMILES string of the molecule is CC(=O)OCC(=O)C(C)(O)CCCCCO. The van der Waals surface area contributed by atoms with E-state index in [1.165, 1.54) is 13.8 Å². The van der Waals surface area contributed by atoms with Crippen molar-refractivity contribution in [3.8, 4) is 0 Å². The van der Waals surface area contributed by atoms with E-state index in [1.807, 2.05) is 0 Å². The number of ketones is 1. The number of ether oxygens (including phenoxy) is 1. The van der Waals surface area contributed by atoms with Gasteiger partial charge in [-0.05, 0) is 19.8 Å². The molecule has 0 saturated heterocycles. The molecule has 5 heteroatoms. The second kappa shape index (κ2) is 7.35. The van der Waals surface area contributed by atoms with E-state index < -0.39 is 17.4 Å². The van der Waals surface area contributed by atoms with Crippen LogP contribution in [0.1, 0.15) is 39.5 Å². The van der Waals surface area contributed by atoms with E-state index in [2.05, 4.69) is 4.74 Å². The van der Waals surface area contributed by atoms with Crippen molar-refractivity contribution >= 4 is 11.8 Å². The van der Waals surface area contributed by atoms with Gasteiger partial charge in [0.25, 0.3) is 0 Å². The van der Waals surface area contributed by atoms with Crippen molar-refractivity contribution in [1.29, 1.82) is 0 Å². The lowest BCUT2D eigenvalue weighted by Gasteiger charge is -2.21. The summed E-state index contributed by atoms with van der Waals surface area (Å²) in [5.74, 6) is -1.03. The smallest absolute Gasteiger partial charge is 0.303 e. The van der Waals surface area contributed by atoms with Gasteiger partial charge in [0.15, 0.2) is 6.61 Å². The van der Waals surface area contributed by atoms with Gasteiger partial charge in [0, 0.05) is 13.5 Å². The molecule has 16 heavy (non-hydrogen) atoms. The number of carbonyl (C=O) groups excluding carboxylic acids is 2. The highest BCUT2D eigenvalue weighted by Gasteiger charge is 2.29. The molecule has 5 nitrogen and oxygen atoms in total. The molecule has 0 aromatic rings. The maximum absolute atomic E-state index is 11.5. The zero-order chi connectivity index (χ0) is 12.6. The number of aliphatic hydroxyl groups is 2. The summed E-state index contributed by atoms with van der Waals surface area (Å²) in [4.78, 5) is 21.9. The Morgan fingerprint density at radius 3 is 2.38 bits per heavy atom. The Labute approximate surface area is 95.4 Å². The molecule has 0 aromatic heterocycles. The third-order valence-electron chi connectivity index (χ3n) is 2.33. The minimum Gasteiger partial charge on any atom is -0.458 e. The monoisotopic (exact) mass is 232 g/mol. The van der Waals surface area contributed by atoms with Gasteiger partial charge in [0.2, 0.25) is 5.78 Å². The first-order valence-electron chi connectivity index (χ1n) is 5.40. The van der Waals surface area contributed by atoms with Crippen LogP contribution < -0.4 is 0 Å². The predicted octanol–water partition coefficient (Wildman–Crippen LogP) is 0.422. The number of esters is 1. The molecule has 0 spiro atoms. The topological polar surface area (TPSA) is 83.8 Å². The normalized spacial score (nSPS) is 14.2. The van der Waals surface area contributed by atoms with Crippen molar-refractivity contribution in [2.45, 2.75) is 45.1 Å². The Morgan fingerprint density at radius 2 is 1.88 bits per heavy atom. The maximum atomic E-state index is 11.5. The molecular weight excluding hydrogens is 212 g/mol. The van der Waals surface area contributed by atoms with Crippen LogP contribution in [0.25, 0.3) is 0 Å². The summed E-state index contributed by atoms with van der Waals surface area (Å²) < 4.78 is 4.53. The van der Waals surface area contributed by atoms with E-state index in [4.69, 9.17) is 5.11 Å². The molecule has 0 radical (unpaired) electrons. The van der Waals surface area contributed by atoms with Gasteiger partial charge in [-0.3, -0.25) is 9.59 Å². The van der Waals surface area contributed by atoms with Crippen LogP contribution in [0, 0.1) is 0 Å². The summed E-state index contributed by atoms with van der Waals surface area (Å²) >= 11 is 0. The van der Waals surface area contributed by atoms with Crippen LogP contribution in [-0.2, 0) is 14.3 Å². The largest absolute Gasteiger partial charge is 0.458 e. The van der Waals surface area contributed by atoms with E-state index in [1.54, 1.807) is 0 Å². The number of carbonyl (C=O) groups is 2. The number of Topliss-reactive ketones (excluding diaryl/α,β-unsaturated/α-hetero) is 1. The lowest BCUT2D eigenvalue weighted by molar-refractivity contribution is -0.152. The van der Waals surface area contributed by atoms with E-state index in [0.29, 0.717) is 19.3 Å². The summed E-state index contributed by atoms with van der Waals surface area (Å²) in [5, 5.41) is 18.4. The highest BCUT2D eigenvalue weighted by Crippen LogP contribution is 2.15. The average molecular weight is 232 g/mol. The van der Waals surface area contributed by atoms with Gasteiger partial charge in [0.05, 0.1) is 0 Å². The first-order chi connectivity index (χ1) is 7.40. The van der Waals surface area contributed by atoms with Crippen LogP contribution in [0.5, 0.6) is 0 Å². The zero-order valence-electron chi connectivity index (χ0n) is 9.86. The third-order valence-corrected chi connectivity index (χ3v) is 2.33. The molecule has 2 N–H and O–H groups in total. The Morgan fingerprint density at radius 1 is 1.25 bits per heavy atom. The molecule has 0 bridgehead atoms. The van der Waals surface area contributed by atoms with Crippen molar-refractivity contribution in [2.75, 3.05) is 13.2 Å². The maximum Gasteiger partial charge on any atom is 0.303 e. The van der Waals surface area contributed by atoms with Gasteiger partial charge in [0.1, 0.15) is 5.60 Å². The minimum absolute atomic E-state index is 0.115. The molecule has 0 aliphatic carbocycles. The molecule has 1 atom stereocenters. The molecule has 0 fully saturated rings. The van der Waals surface area contributed by atoms with E-state index in [0.717, 1.165) is 6.42 Å². The lowest BCUT2D eigenvalue weighted by atomic mass is 9.94. The Bertz CT molecular complexity index is 235. The van der Waals surface area contributed by atoms with Crippen LogP contribution in [0.3, 0.4) is 0 Å². The van der Waals surface area contributed by atoms with Crippen LogP contribution in [0.15, 0.2) is 0 Å². The van der Waals surface area contributed by atoms with Gasteiger partial charge >= 0.3 is 5.97 Å². The third kappa shape index (κ3) is 6.53. The number of unbranched alkanes of at least 4 members (excludes halogenated alkanes) is 2. The van der Waals surface area contributed by atoms with Crippen LogP contribution in [0.4, 0.5) is 0 Å². The lowest BCUT2D eigenvalue weighted by Crippen LogP contribution is -2.38. The van der Waals surface area contributed by atoms with Crippen molar-refractivity contribution in [2.24, 2.45) is 0 Å². The van der Waals surface area contributed by atoms with Gasteiger partial charge in [-0.15, -0.1) is 0 Å². The van der Waals surface area contributed by atoms with Gasteiger partial charge in [-0.1, -0.05) is 12.8 Å². The number of hydrogen-bond acceptors (Lipinski definition) is 5. The molecular formula is C11H20O5. The van der Waals surface area contributed by atoms with Gasteiger partial charge < -0.3 is 14.9 Å². The summed E-state index contributed by atoms with van der Waals surface area (Å²) in [6.07, 6.45) is 2.38. The first-order valence-corrected chi connectivity index (χ1v) is 5.40. The Balaban J connectivity index is 3.90. The first kappa shape index (κ1) is 15.1. The Kier molecular flexibility index (Phi) is 6.92. The van der Waals surface area contributed by atoms with Crippen molar-refractivity contribution in [3.05, 3.63) is 0 Å². The number of rotatable bonds is 8. The molecule has 94 valence electrons. The van der Waals surface area contributed by atoms with Crippen molar-refractivity contribution in [3.63, 3.8) is 0 Å². The standard InChI is InChI=1S/C11H20O5/c1-9(13)16-8-10(14)11(2,15)6-4-3-5-7-12/h12,15H,3-8H2,1-2H3. The van der Waals surface area contributed by atoms with Crippen molar-refractivity contribution < 1.29 is 24.5 Å². The Hall–Kier alpha value is -0.940. The zero-order valence-corrected chi connectivity index (χ0v) is 9.86. The fraction of sp³-hybridized carbons (Fsp3) is 0.818. The fourth-order valence-electron chi connectivity index (χ4n) is 1.22. The molecule has 0 amide bonds. The molecule has 0 rings (SSSR count). The minimum atomic E-state index is -1.45. The number of aliphatic hydroxyl groups excluding tert-OH is 1. The molecule has 0 aliphatic rings. The van der Waals surface area contributed by atoms with Crippen molar-refractivity contribution in [1.82, 2.24) is 0 Å². The van der Waals surface area contributed by atoms with Crippen LogP contribution >= 0.6 is 0 Å². The molecule has 0 aromatic carbocycles. The fourth-order valence-corrected chi connectivity index (χ4v) is 1.22. The van der Waals surface area contributed by atoms with Crippen LogP contribution in [0.2, 0.25) is 0 Å². The second-order valence-corrected chi connectivity index (χ2v) is 4.01. The van der Waals surface area contributed by atoms with Crippen LogP contribution in [-0.4, -0.2) is 40.8 Å². The molecule has 1 unspecified atom stereocenters. The quantitative estimate of drug-likeness (QED) is 0.468. The molecule has 0 aliphatic heterocycles. The average Bonchev–Trinajstić information content (AvgIpc) is 2.20. The van der Waals surface area contributed by atoms with E-state index in [9.17, 15) is 14.7 Å². The molecule has 0 heterocycles. The second-order valence-electron chi connectivity index (χ2n) is 4.01. The van der Waals surface area contributed by atoms with Gasteiger partial charge in [-0.2, -0.15) is 0 Å². The summed E-state index contributed by atoms with van der Waals surface area (Å²) in [5.41, 5.74) is -1.45. The molecule has 0 saturated carbocycles. The predicted molar refractivity (Wildman–Crippen MR) is 57.8 cm³/mol. The van der Waals surface area contributed by atoms with E-state index >= 15 is 0 Å². The summed E-state index contributed by atoms with van der Waals surface area (Å²) in [6, 6.07) is 0. The highest BCUT2D eigenvalue weighted by molar-refractivity contribution is 5.89. The van der Waals surface area contributed by atoms with Gasteiger partial charge in [-0.25, -0.2) is 0 Å². The summed E-state index contributed by atoms with van der Waals surface area (Å²) in [6.45, 7) is 2.35. The number of hydrogen-bond donors (Lipinski definition) is 2. The summed E-state index contributed by atoms with van der Waals surface area (Å²) in [7, 11) is 0. The van der Waals surface area contributed by atoms with E-state index in [-0.39, 0.29) is 13.2 Å². The highest BCUT2D eigenvalue weighted by atomic mass is 16.5.